The number of aliphatic hydroxyl groups is 1. The molecule has 3 aromatic rings. The predicted molar refractivity (Wildman–Crippen MR) is 112 cm³/mol. The summed E-state index contributed by atoms with van der Waals surface area (Å²) in [5.41, 5.74) is 3.17. The molecule has 148 valence electrons. The van der Waals surface area contributed by atoms with Crippen LogP contribution in [0.15, 0.2) is 78.9 Å². The van der Waals surface area contributed by atoms with E-state index in [0.29, 0.717) is 29.0 Å². The van der Waals surface area contributed by atoms with Crippen molar-refractivity contribution >= 4 is 17.9 Å². The highest BCUT2D eigenvalue weighted by atomic mass is 16.5. The maximum absolute atomic E-state index is 12.8. The van der Waals surface area contributed by atoms with Gasteiger partial charge in [-0.25, -0.2) is 0 Å². The molecule has 3 aromatic carbocycles. The lowest BCUT2D eigenvalue weighted by Gasteiger charge is -2.32. The second-order valence-electron chi connectivity index (χ2n) is 7.35. The minimum atomic E-state index is -1.03. The number of ether oxygens (including phenoxy) is 1. The average Bonchev–Trinajstić information content (AvgIpc) is 3.04. The van der Waals surface area contributed by atoms with E-state index in [4.69, 9.17) is 4.74 Å². The van der Waals surface area contributed by atoms with E-state index in [0.717, 1.165) is 16.0 Å². The van der Waals surface area contributed by atoms with E-state index in [1.807, 2.05) is 42.5 Å². The number of carbonyl (C=O) groups is 2. The van der Waals surface area contributed by atoms with Crippen LogP contribution < -0.4 is 4.74 Å². The van der Waals surface area contributed by atoms with Gasteiger partial charge in [0, 0.05) is 5.56 Å². The summed E-state index contributed by atoms with van der Waals surface area (Å²) in [4.78, 5) is 26.8. The maximum Gasteiger partial charge on any atom is 0.262 e. The third-order valence-electron chi connectivity index (χ3n) is 5.56. The summed E-state index contributed by atoms with van der Waals surface area (Å²) in [6, 6.07) is 21.2. The molecule has 1 heterocycles. The normalized spacial score (nSPS) is 19.6. The first-order valence-electron chi connectivity index (χ1n) is 9.78. The van der Waals surface area contributed by atoms with Crippen LogP contribution in [0.2, 0.25) is 0 Å². The molecule has 0 unspecified atom stereocenters. The van der Waals surface area contributed by atoms with Gasteiger partial charge >= 0.3 is 0 Å². The monoisotopic (exact) mass is 397 g/mol. The highest BCUT2D eigenvalue weighted by Crippen LogP contribution is 2.38. The number of hydrogen-bond acceptors (Lipinski definition) is 4. The van der Waals surface area contributed by atoms with Crippen molar-refractivity contribution in [3.8, 4) is 5.75 Å². The molecule has 1 aliphatic heterocycles. The van der Waals surface area contributed by atoms with Gasteiger partial charge in [0.05, 0.1) is 17.2 Å². The van der Waals surface area contributed by atoms with E-state index in [2.05, 4.69) is 0 Å². The van der Waals surface area contributed by atoms with Crippen molar-refractivity contribution in [1.29, 1.82) is 0 Å². The molecule has 2 aliphatic rings. The Morgan fingerprint density at radius 2 is 1.50 bits per heavy atom. The molecule has 30 heavy (non-hydrogen) atoms. The second kappa shape index (κ2) is 7.28. The zero-order valence-corrected chi connectivity index (χ0v) is 16.1. The molecule has 2 atom stereocenters. The van der Waals surface area contributed by atoms with Crippen molar-refractivity contribution < 1.29 is 19.4 Å². The molecule has 0 bridgehead atoms. The first kappa shape index (κ1) is 18.3. The van der Waals surface area contributed by atoms with Crippen molar-refractivity contribution in [2.24, 2.45) is 0 Å². The van der Waals surface area contributed by atoms with Crippen LogP contribution in [0, 0.1) is 0 Å². The fourth-order valence-corrected chi connectivity index (χ4v) is 4.05. The van der Waals surface area contributed by atoms with Gasteiger partial charge < -0.3 is 9.84 Å². The van der Waals surface area contributed by atoms with Crippen molar-refractivity contribution in [3.63, 3.8) is 0 Å². The molecular weight excluding hydrogens is 378 g/mol. The standard InChI is InChI=1S/C25H19NO4/c27-23-18-11-6-12-22(30-15-16-7-2-1-3-8-16)17(18)13-14-21(23)26-24(28)19-9-4-5-10-20(19)25(26)29/h1-14,21,23,27H,15H2/t21-,23+/m0/s1. The number of amides is 2. The Morgan fingerprint density at radius 3 is 2.20 bits per heavy atom. The summed E-state index contributed by atoms with van der Waals surface area (Å²) in [6.45, 7) is 0.406. The summed E-state index contributed by atoms with van der Waals surface area (Å²) >= 11 is 0. The van der Waals surface area contributed by atoms with Crippen LogP contribution in [-0.2, 0) is 6.61 Å². The van der Waals surface area contributed by atoms with Crippen LogP contribution >= 0.6 is 0 Å². The number of fused-ring (bicyclic) bond motifs is 2. The van der Waals surface area contributed by atoms with Gasteiger partial charge in [-0.3, -0.25) is 14.5 Å². The number of aliphatic hydroxyl groups excluding tert-OH is 1. The van der Waals surface area contributed by atoms with Gasteiger partial charge in [0.1, 0.15) is 18.5 Å². The molecule has 0 saturated carbocycles. The van der Waals surface area contributed by atoms with Gasteiger partial charge in [-0.05, 0) is 29.3 Å². The molecule has 0 aromatic heterocycles. The molecule has 2 amide bonds. The third kappa shape index (κ3) is 2.91. The lowest BCUT2D eigenvalue weighted by atomic mass is 9.90. The van der Waals surface area contributed by atoms with Gasteiger partial charge in [0.2, 0.25) is 0 Å². The van der Waals surface area contributed by atoms with Crippen molar-refractivity contribution in [2.45, 2.75) is 18.8 Å². The minimum Gasteiger partial charge on any atom is -0.488 e. The molecule has 0 saturated heterocycles. The molecule has 5 heteroatoms. The van der Waals surface area contributed by atoms with E-state index in [9.17, 15) is 14.7 Å². The van der Waals surface area contributed by atoms with E-state index < -0.39 is 12.1 Å². The lowest BCUT2D eigenvalue weighted by molar-refractivity contribution is 0.0425. The average molecular weight is 397 g/mol. The Hall–Kier alpha value is -3.70. The van der Waals surface area contributed by atoms with Crippen LogP contribution in [0.5, 0.6) is 5.75 Å². The maximum atomic E-state index is 12.8. The van der Waals surface area contributed by atoms with Crippen molar-refractivity contribution in [1.82, 2.24) is 4.90 Å². The number of hydrogen-bond donors (Lipinski definition) is 1. The largest absolute Gasteiger partial charge is 0.488 e. The van der Waals surface area contributed by atoms with E-state index >= 15 is 0 Å². The van der Waals surface area contributed by atoms with E-state index in [1.165, 1.54) is 0 Å². The van der Waals surface area contributed by atoms with Gasteiger partial charge in [0.25, 0.3) is 11.8 Å². The molecule has 1 aliphatic carbocycles. The van der Waals surface area contributed by atoms with Crippen LogP contribution in [0.1, 0.15) is 43.5 Å². The van der Waals surface area contributed by atoms with E-state index in [1.54, 1.807) is 42.5 Å². The zero-order chi connectivity index (χ0) is 20.7. The zero-order valence-electron chi connectivity index (χ0n) is 16.1. The fraction of sp³-hybridized carbons (Fsp3) is 0.120. The highest BCUT2D eigenvalue weighted by Gasteiger charge is 2.43. The predicted octanol–water partition coefficient (Wildman–Crippen LogP) is 3.99. The highest BCUT2D eigenvalue weighted by molar-refractivity contribution is 6.21. The van der Waals surface area contributed by atoms with Crippen molar-refractivity contribution in [2.75, 3.05) is 0 Å². The SMILES string of the molecule is O=C1c2ccccc2C(=O)N1[C@H]1C=Cc2c(OCc3ccccc3)cccc2[C@H]1O. The van der Waals surface area contributed by atoms with Crippen LogP contribution in [-0.4, -0.2) is 27.9 Å². The summed E-state index contributed by atoms with van der Waals surface area (Å²) < 4.78 is 5.98. The van der Waals surface area contributed by atoms with Crippen LogP contribution in [0.25, 0.3) is 6.08 Å². The Morgan fingerprint density at radius 1 is 0.833 bits per heavy atom. The van der Waals surface area contributed by atoms with Crippen molar-refractivity contribution in [3.05, 3.63) is 107 Å². The van der Waals surface area contributed by atoms with Crippen LogP contribution in [0.4, 0.5) is 0 Å². The summed E-state index contributed by atoms with van der Waals surface area (Å²) in [7, 11) is 0. The molecule has 0 fully saturated rings. The summed E-state index contributed by atoms with van der Waals surface area (Å²) in [5, 5.41) is 11.1. The molecule has 0 spiro atoms. The van der Waals surface area contributed by atoms with Gasteiger partial charge in [0.15, 0.2) is 0 Å². The first-order valence-corrected chi connectivity index (χ1v) is 9.78. The number of nitrogens with zero attached hydrogens (tertiary/aromatic N) is 1. The first-order chi connectivity index (χ1) is 14.6. The molecular formula is C25H19NO4. The fourth-order valence-electron chi connectivity index (χ4n) is 4.05. The van der Waals surface area contributed by atoms with Gasteiger partial charge in [-0.15, -0.1) is 0 Å². The van der Waals surface area contributed by atoms with Crippen LogP contribution in [0.3, 0.4) is 0 Å². The Bertz CT molecular complexity index is 1130. The quantitative estimate of drug-likeness (QED) is 0.676. The summed E-state index contributed by atoms with van der Waals surface area (Å²) in [6.07, 6.45) is 2.48. The smallest absolute Gasteiger partial charge is 0.262 e. The number of rotatable bonds is 4. The molecule has 1 N–H and O–H groups in total. The Balaban J connectivity index is 1.43. The molecule has 5 nitrogen and oxygen atoms in total. The number of imide groups is 1. The molecule has 0 radical (unpaired) electrons. The Labute approximate surface area is 173 Å². The van der Waals surface area contributed by atoms with Gasteiger partial charge in [-0.2, -0.15) is 0 Å². The lowest BCUT2D eigenvalue weighted by Crippen LogP contribution is -2.43. The van der Waals surface area contributed by atoms with E-state index in [-0.39, 0.29) is 11.8 Å². The number of benzene rings is 3. The summed E-state index contributed by atoms with van der Waals surface area (Å²) in [5.74, 6) is -0.124. The minimum absolute atomic E-state index is 0.369. The Kier molecular flexibility index (Phi) is 4.45. The topological polar surface area (TPSA) is 66.8 Å². The van der Waals surface area contributed by atoms with Gasteiger partial charge in [-0.1, -0.05) is 66.7 Å². The number of carbonyl (C=O) groups excluding carboxylic acids is 2. The molecule has 5 rings (SSSR count). The third-order valence-corrected chi connectivity index (χ3v) is 5.56. The second-order valence-corrected chi connectivity index (χ2v) is 7.35.